The van der Waals surface area contributed by atoms with Gasteiger partial charge in [-0.05, 0) is 18.4 Å². The van der Waals surface area contributed by atoms with Crippen LogP contribution in [0.5, 0.6) is 0 Å². The molecule has 2 amide bonds. The molecule has 1 aromatic rings. The van der Waals surface area contributed by atoms with E-state index in [0.717, 1.165) is 18.4 Å². The van der Waals surface area contributed by atoms with Crippen molar-refractivity contribution in [2.24, 2.45) is 5.73 Å². The van der Waals surface area contributed by atoms with E-state index < -0.39 is 5.91 Å². The second kappa shape index (κ2) is 7.22. The molecule has 1 aliphatic rings. The Morgan fingerprint density at radius 1 is 1.38 bits per heavy atom. The van der Waals surface area contributed by atoms with Crippen molar-refractivity contribution in [1.29, 1.82) is 0 Å². The van der Waals surface area contributed by atoms with Gasteiger partial charge in [0.1, 0.15) is 6.61 Å². The third kappa shape index (κ3) is 4.04. The molecule has 2 N–H and O–H groups in total. The fraction of sp³-hybridized carbons (Fsp3) is 0.500. The average molecular weight is 290 g/mol. The molecular formula is C16H22N2O3. The van der Waals surface area contributed by atoms with Crippen LogP contribution in [0.4, 0.5) is 0 Å². The van der Waals surface area contributed by atoms with Crippen molar-refractivity contribution < 1.29 is 14.3 Å². The van der Waals surface area contributed by atoms with Gasteiger partial charge in [0.2, 0.25) is 11.8 Å². The molecule has 0 radical (unpaired) electrons. The molecule has 0 aromatic heterocycles. The van der Waals surface area contributed by atoms with Crippen LogP contribution in [0.15, 0.2) is 30.3 Å². The van der Waals surface area contributed by atoms with Crippen LogP contribution < -0.4 is 5.73 Å². The van der Waals surface area contributed by atoms with Gasteiger partial charge in [-0.1, -0.05) is 37.3 Å². The zero-order chi connectivity index (χ0) is 15.2. The van der Waals surface area contributed by atoms with Crippen molar-refractivity contribution >= 4 is 11.8 Å². The Morgan fingerprint density at radius 3 is 2.71 bits per heavy atom. The first-order chi connectivity index (χ1) is 10.1. The quantitative estimate of drug-likeness (QED) is 0.858. The number of hydrogen-bond acceptors (Lipinski definition) is 3. The lowest BCUT2D eigenvalue weighted by Gasteiger charge is -2.23. The van der Waals surface area contributed by atoms with Gasteiger partial charge in [0.25, 0.3) is 0 Å². The standard InChI is InChI=1S/C16H22N2O3/c1-2-14(12-6-4-3-5-7-12)16(20)18-9-8-13(10-18)21-11-15(17)19/h3-7,13-14H,2,8-11H2,1H3,(H2,17,19). The third-order valence-corrected chi connectivity index (χ3v) is 3.83. The van der Waals surface area contributed by atoms with E-state index in [0.29, 0.717) is 13.1 Å². The normalized spacial score (nSPS) is 19.5. The van der Waals surface area contributed by atoms with Gasteiger partial charge < -0.3 is 15.4 Å². The van der Waals surface area contributed by atoms with E-state index in [4.69, 9.17) is 10.5 Å². The van der Waals surface area contributed by atoms with Crippen LogP contribution in [0.25, 0.3) is 0 Å². The molecule has 2 atom stereocenters. The van der Waals surface area contributed by atoms with Crippen molar-refractivity contribution in [2.75, 3.05) is 19.7 Å². The number of rotatable bonds is 6. The van der Waals surface area contributed by atoms with Crippen LogP contribution in [0.1, 0.15) is 31.2 Å². The maximum atomic E-state index is 12.6. The van der Waals surface area contributed by atoms with Crippen LogP contribution in [0.2, 0.25) is 0 Å². The summed E-state index contributed by atoms with van der Waals surface area (Å²) in [5.41, 5.74) is 6.11. The fourth-order valence-corrected chi connectivity index (χ4v) is 2.72. The summed E-state index contributed by atoms with van der Waals surface area (Å²) in [4.78, 5) is 25.2. The molecule has 0 saturated carbocycles. The van der Waals surface area contributed by atoms with Crippen LogP contribution in [-0.2, 0) is 14.3 Å². The first kappa shape index (κ1) is 15.5. The highest BCUT2D eigenvalue weighted by Crippen LogP contribution is 2.24. The molecule has 1 saturated heterocycles. The largest absolute Gasteiger partial charge is 0.368 e. The van der Waals surface area contributed by atoms with Gasteiger partial charge >= 0.3 is 0 Å². The van der Waals surface area contributed by atoms with Crippen molar-refractivity contribution in [3.8, 4) is 0 Å². The van der Waals surface area contributed by atoms with E-state index in [-0.39, 0.29) is 24.5 Å². The molecule has 1 aromatic carbocycles. The second-order valence-corrected chi connectivity index (χ2v) is 5.34. The van der Waals surface area contributed by atoms with Crippen LogP contribution in [0.3, 0.4) is 0 Å². The number of amides is 2. The maximum Gasteiger partial charge on any atom is 0.243 e. The smallest absolute Gasteiger partial charge is 0.243 e. The van der Waals surface area contributed by atoms with Crippen LogP contribution in [-0.4, -0.2) is 42.5 Å². The Labute approximate surface area is 125 Å². The molecule has 0 aliphatic carbocycles. The molecule has 114 valence electrons. The Kier molecular flexibility index (Phi) is 5.33. The van der Waals surface area contributed by atoms with E-state index in [1.54, 1.807) is 0 Å². The van der Waals surface area contributed by atoms with Gasteiger partial charge in [-0.3, -0.25) is 9.59 Å². The van der Waals surface area contributed by atoms with E-state index in [2.05, 4.69) is 0 Å². The zero-order valence-electron chi connectivity index (χ0n) is 12.3. The fourth-order valence-electron chi connectivity index (χ4n) is 2.72. The minimum Gasteiger partial charge on any atom is -0.368 e. The first-order valence-corrected chi connectivity index (χ1v) is 7.35. The topological polar surface area (TPSA) is 72.6 Å². The number of likely N-dealkylation sites (tertiary alicyclic amines) is 1. The number of nitrogens with two attached hydrogens (primary N) is 1. The maximum absolute atomic E-state index is 12.6. The Balaban J connectivity index is 1.95. The monoisotopic (exact) mass is 290 g/mol. The van der Waals surface area contributed by atoms with Gasteiger partial charge in [-0.2, -0.15) is 0 Å². The van der Waals surface area contributed by atoms with E-state index in [9.17, 15) is 9.59 Å². The highest BCUT2D eigenvalue weighted by Gasteiger charge is 2.31. The molecule has 1 aliphatic heterocycles. The molecule has 5 nitrogen and oxygen atoms in total. The number of nitrogens with zero attached hydrogens (tertiary/aromatic N) is 1. The molecule has 2 rings (SSSR count). The van der Waals surface area contributed by atoms with Crippen LogP contribution >= 0.6 is 0 Å². The minimum atomic E-state index is -0.476. The predicted molar refractivity (Wildman–Crippen MR) is 79.6 cm³/mol. The summed E-state index contributed by atoms with van der Waals surface area (Å²) >= 11 is 0. The van der Waals surface area contributed by atoms with Gasteiger partial charge in [0.15, 0.2) is 0 Å². The van der Waals surface area contributed by atoms with Crippen molar-refractivity contribution in [3.63, 3.8) is 0 Å². The molecule has 1 heterocycles. The Morgan fingerprint density at radius 2 is 2.10 bits per heavy atom. The third-order valence-electron chi connectivity index (χ3n) is 3.83. The predicted octanol–water partition coefficient (Wildman–Crippen LogP) is 1.28. The molecule has 5 heteroatoms. The number of primary amides is 1. The molecule has 1 fully saturated rings. The van der Waals surface area contributed by atoms with E-state index >= 15 is 0 Å². The highest BCUT2D eigenvalue weighted by molar-refractivity contribution is 5.84. The minimum absolute atomic E-state index is 0.0808. The molecule has 0 bridgehead atoms. The van der Waals surface area contributed by atoms with Crippen molar-refractivity contribution in [2.45, 2.75) is 31.8 Å². The summed E-state index contributed by atoms with van der Waals surface area (Å²) in [5, 5.41) is 0. The second-order valence-electron chi connectivity index (χ2n) is 5.34. The molecular weight excluding hydrogens is 268 g/mol. The first-order valence-electron chi connectivity index (χ1n) is 7.35. The SMILES string of the molecule is CCC(C(=O)N1CCC(OCC(N)=O)C1)c1ccccc1. The number of carbonyl (C=O) groups excluding carboxylic acids is 2. The summed E-state index contributed by atoms with van der Waals surface area (Å²) in [6.45, 7) is 3.15. The lowest BCUT2D eigenvalue weighted by atomic mass is 9.95. The summed E-state index contributed by atoms with van der Waals surface area (Å²) in [5.74, 6) is -0.453. The molecule has 2 unspecified atom stereocenters. The van der Waals surface area contributed by atoms with E-state index in [1.807, 2.05) is 42.2 Å². The van der Waals surface area contributed by atoms with Crippen LogP contribution in [0, 0.1) is 0 Å². The number of ether oxygens (including phenoxy) is 1. The molecule has 21 heavy (non-hydrogen) atoms. The number of carbonyl (C=O) groups is 2. The number of benzene rings is 1. The summed E-state index contributed by atoms with van der Waals surface area (Å²) in [7, 11) is 0. The lowest BCUT2D eigenvalue weighted by molar-refractivity contribution is -0.132. The Bertz CT molecular complexity index is 490. The Hall–Kier alpha value is -1.88. The van der Waals surface area contributed by atoms with E-state index in [1.165, 1.54) is 0 Å². The van der Waals surface area contributed by atoms with Gasteiger partial charge in [0.05, 0.1) is 12.0 Å². The highest BCUT2D eigenvalue weighted by atomic mass is 16.5. The summed E-state index contributed by atoms with van der Waals surface area (Å²) in [6.07, 6.45) is 1.44. The summed E-state index contributed by atoms with van der Waals surface area (Å²) in [6, 6.07) is 9.83. The van der Waals surface area contributed by atoms with Gasteiger partial charge in [-0.25, -0.2) is 0 Å². The number of hydrogen-bond donors (Lipinski definition) is 1. The zero-order valence-corrected chi connectivity index (χ0v) is 12.3. The lowest BCUT2D eigenvalue weighted by Crippen LogP contribution is -2.34. The van der Waals surface area contributed by atoms with Crippen molar-refractivity contribution in [3.05, 3.63) is 35.9 Å². The van der Waals surface area contributed by atoms with Gasteiger partial charge in [0, 0.05) is 13.1 Å². The average Bonchev–Trinajstić information content (AvgIpc) is 2.96. The summed E-state index contributed by atoms with van der Waals surface area (Å²) < 4.78 is 5.40. The van der Waals surface area contributed by atoms with Crippen molar-refractivity contribution in [1.82, 2.24) is 4.90 Å². The molecule has 0 spiro atoms. The van der Waals surface area contributed by atoms with Gasteiger partial charge in [-0.15, -0.1) is 0 Å².